The van der Waals surface area contributed by atoms with Crippen LogP contribution in [0.5, 0.6) is 0 Å². The number of thioether (sulfide) groups is 1. The highest BCUT2D eigenvalue weighted by Gasteiger charge is 2.24. The molecule has 0 atom stereocenters. The molecule has 0 aromatic heterocycles. The van der Waals surface area contributed by atoms with Gasteiger partial charge in [-0.15, -0.1) is 0 Å². The van der Waals surface area contributed by atoms with Gasteiger partial charge in [0.15, 0.2) is 0 Å². The molecule has 0 radical (unpaired) electrons. The Morgan fingerprint density at radius 2 is 1.80 bits per heavy atom. The Morgan fingerprint density at radius 3 is 2.35 bits per heavy atom. The summed E-state index contributed by atoms with van der Waals surface area (Å²) in [5.41, 5.74) is -0.417. The fraction of sp³-hybridized carbons (Fsp3) is 0.933. The second kappa shape index (κ2) is 8.78. The van der Waals surface area contributed by atoms with Crippen LogP contribution in [0, 0.1) is 0 Å². The Hall–Kier alpha value is -0.420. The van der Waals surface area contributed by atoms with E-state index in [2.05, 4.69) is 16.9 Å². The van der Waals surface area contributed by atoms with E-state index in [-0.39, 0.29) is 12.1 Å². The van der Waals surface area contributed by atoms with E-state index >= 15 is 0 Å². The molecule has 2 N–H and O–H groups in total. The summed E-state index contributed by atoms with van der Waals surface area (Å²) in [6, 6.07) is 0.891. The Morgan fingerprint density at radius 1 is 1.20 bits per heavy atom. The molecule has 0 bridgehead atoms. The normalized spacial score (nSPS) is 23.4. The lowest BCUT2D eigenvalue weighted by atomic mass is 9.91. The van der Waals surface area contributed by atoms with E-state index in [1.54, 1.807) is 0 Å². The first-order chi connectivity index (χ1) is 9.40. The minimum atomic E-state index is -0.417. The average molecular weight is 302 g/mol. The molecule has 0 aromatic rings. The summed E-state index contributed by atoms with van der Waals surface area (Å²) >= 11 is 1.90. The maximum Gasteiger partial charge on any atom is 0.407 e. The first kappa shape index (κ1) is 17.6. The summed E-state index contributed by atoms with van der Waals surface area (Å²) in [6.07, 6.45) is 7.46. The summed E-state index contributed by atoms with van der Waals surface area (Å²) < 4.78 is 5.29. The Labute approximate surface area is 127 Å². The highest BCUT2D eigenvalue weighted by molar-refractivity contribution is 7.98. The first-order valence-electron chi connectivity index (χ1n) is 7.62. The molecule has 1 fully saturated rings. The number of amides is 1. The third kappa shape index (κ3) is 8.00. The van der Waals surface area contributed by atoms with E-state index in [1.165, 1.54) is 12.2 Å². The van der Waals surface area contributed by atoms with Crippen LogP contribution in [0.25, 0.3) is 0 Å². The molecule has 1 saturated carbocycles. The molecule has 0 spiro atoms. The van der Waals surface area contributed by atoms with Gasteiger partial charge in [0.1, 0.15) is 5.60 Å². The molecule has 1 aliphatic carbocycles. The quantitative estimate of drug-likeness (QED) is 0.740. The summed E-state index contributed by atoms with van der Waals surface area (Å²) in [7, 11) is 0. The molecule has 5 heteroatoms. The lowest BCUT2D eigenvalue weighted by Crippen LogP contribution is -2.44. The Bertz CT molecular complexity index is 284. The van der Waals surface area contributed by atoms with Crippen molar-refractivity contribution >= 4 is 17.9 Å². The molecule has 0 unspecified atom stereocenters. The van der Waals surface area contributed by atoms with Gasteiger partial charge >= 0.3 is 6.09 Å². The topological polar surface area (TPSA) is 50.4 Å². The summed E-state index contributed by atoms with van der Waals surface area (Å²) in [4.78, 5) is 11.7. The van der Waals surface area contributed by atoms with Gasteiger partial charge in [-0.3, -0.25) is 0 Å². The van der Waals surface area contributed by atoms with Crippen molar-refractivity contribution in [1.82, 2.24) is 10.6 Å². The van der Waals surface area contributed by atoms with Gasteiger partial charge in [0, 0.05) is 12.1 Å². The first-order valence-corrected chi connectivity index (χ1v) is 9.02. The Balaban J connectivity index is 2.14. The van der Waals surface area contributed by atoms with Gasteiger partial charge in [0.2, 0.25) is 0 Å². The lowest BCUT2D eigenvalue weighted by Gasteiger charge is -2.30. The molecule has 0 heterocycles. The van der Waals surface area contributed by atoms with E-state index in [0.717, 1.165) is 32.2 Å². The highest BCUT2D eigenvalue weighted by Crippen LogP contribution is 2.19. The predicted octanol–water partition coefficient (Wildman–Crippen LogP) is 3.17. The van der Waals surface area contributed by atoms with Crippen LogP contribution in [0.2, 0.25) is 0 Å². The number of nitrogens with one attached hydrogen (secondary N) is 2. The van der Waals surface area contributed by atoms with E-state index in [1.807, 2.05) is 32.5 Å². The number of hydrogen-bond acceptors (Lipinski definition) is 4. The molecular formula is C15H30N2O2S. The van der Waals surface area contributed by atoms with Crippen molar-refractivity contribution in [2.24, 2.45) is 0 Å². The predicted molar refractivity (Wildman–Crippen MR) is 86.4 cm³/mol. The smallest absolute Gasteiger partial charge is 0.407 e. The molecule has 1 amide bonds. The van der Waals surface area contributed by atoms with Crippen molar-refractivity contribution in [1.29, 1.82) is 0 Å². The monoisotopic (exact) mass is 302 g/mol. The number of hydrogen-bond donors (Lipinski definition) is 2. The van der Waals surface area contributed by atoms with Crippen LogP contribution in [0.15, 0.2) is 0 Å². The minimum Gasteiger partial charge on any atom is -0.444 e. The van der Waals surface area contributed by atoms with Crippen molar-refractivity contribution in [3.05, 3.63) is 0 Å². The van der Waals surface area contributed by atoms with Gasteiger partial charge < -0.3 is 15.4 Å². The molecule has 0 aliphatic heterocycles. The number of carbonyl (C=O) groups is 1. The van der Waals surface area contributed by atoms with Crippen molar-refractivity contribution < 1.29 is 9.53 Å². The number of alkyl carbamates (subject to hydrolysis) is 1. The zero-order chi connectivity index (χ0) is 15.0. The number of ether oxygens (including phenoxy) is 1. The Kier molecular flexibility index (Phi) is 7.74. The van der Waals surface area contributed by atoms with Gasteiger partial charge in [0.25, 0.3) is 0 Å². The summed E-state index contributed by atoms with van der Waals surface area (Å²) in [6.45, 7) is 6.78. The van der Waals surface area contributed by atoms with Gasteiger partial charge in [-0.1, -0.05) is 0 Å². The highest BCUT2D eigenvalue weighted by atomic mass is 32.2. The zero-order valence-electron chi connectivity index (χ0n) is 13.3. The van der Waals surface area contributed by atoms with E-state index in [9.17, 15) is 4.79 Å². The van der Waals surface area contributed by atoms with E-state index in [0.29, 0.717) is 6.04 Å². The SMILES string of the molecule is CSCCCNC1CCC(NC(=O)OC(C)(C)C)CC1. The fourth-order valence-electron chi connectivity index (χ4n) is 2.44. The third-order valence-corrected chi connectivity index (χ3v) is 4.10. The maximum absolute atomic E-state index is 11.7. The van der Waals surface area contributed by atoms with Crippen LogP contribution in [-0.4, -0.2) is 42.3 Å². The van der Waals surface area contributed by atoms with Gasteiger partial charge in [-0.05, 0) is 71.4 Å². The summed E-state index contributed by atoms with van der Waals surface area (Å²) in [5, 5.41) is 6.59. The summed E-state index contributed by atoms with van der Waals surface area (Å²) in [5.74, 6) is 1.22. The van der Waals surface area contributed by atoms with Crippen molar-refractivity contribution in [3.63, 3.8) is 0 Å². The zero-order valence-corrected chi connectivity index (χ0v) is 14.1. The average Bonchev–Trinajstić information content (AvgIpc) is 2.34. The molecule has 0 aromatic carbocycles. The third-order valence-electron chi connectivity index (χ3n) is 3.41. The standard InChI is InChI=1S/C15H30N2O2S/c1-15(2,3)19-14(18)17-13-8-6-12(7-9-13)16-10-5-11-20-4/h12-13,16H,5-11H2,1-4H3,(H,17,18). The van der Waals surface area contributed by atoms with Crippen molar-refractivity contribution in [2.75, 3.05) is 18.6 Å². The van der Waals surface area contributed by atoms with E-state index in [4.69, 9.17) is 4.74 Å². The molecule has 4 nitrogen and oxygen atoms in total. The van der Waals surface area contributed by atoms with Crippen LogP contribution in [-0.2, 0) is 4.74 Å². The molecule has 1 aliphatic rings. The molecule has 20 heavy (non-hydrogen) atoms. The fourth-order valence-corrected chi connectivity index (χ4v) is 2.87. The number of carbonyl (C=O) groups excluding carboxylic acids is 1. The van der Waals surface area contributed by atoms with Gasteiger partial charge in [-0.2, -0.15) is 11.8 Å². The molecule has 0 saturated heterocycles. The second-order valence-corrected chi connectivity index (χ2v) is 7.48. The largest absolute Gasteiger partial charge is 0.444 e. The van der Waals surface area contributed by atoms with Crippen molar-refractivity contribution in [2.45, 2.75) is 70.6 Å². The lowest BCUT2D eigenvalue weighted by molar-refractivity contribution is 0.0490. The minimum absolute atomic E-state index is 0.272. The van der Waals surface area contributed by atoms with E-state index < -0.39 is 5.60 Å². The van der Waals surface area contributed by atoms with Gasteiger partial charge in [-0.25, -0.2) is 4.79 Å². The van der Waals surface area contributed by atoms with Crippen LogP contribution in [0.1, 0.15) is 52.9 Å². The van der Waals surface area contributed by atoms with Crippen LogP contribution < -0.4 is 10.6 Å². The number of rotatable bonds is 6. The molecule has 1 rings (SSSR count). The second-order valence-electron chi connectivity index (χ2n) is 6.50. The van der Waals surface area contributed by atoms with Crippen LogP contribution in [0.3, 0.4) is 0 Å². The van der Waals surface area contributed by atoms with Crippen LogP contribution in [0.4, 0.5) is 4.79 Å². The molecular weight excluding hydrogens is 272 g/mol. The maximum atomic E-state index is 11.7. The van der Waals surface area contributed by atoms with Gasteiger partial charge in [0.05, 0.1) is 0 Å². The van der Waals surface area contributed by atoms with Crippen LogP contribution >= 0.6 is 11.8 Å². The molecule has 118 valence electrons. The van der Waals surface area contributed by atoms with Crippen molar-refractivity contribution in [3.8, 4) is 0 Å².